The second-order valence-electron chi connectivity index (χ2n) is 8.18. The number of rotatable bonds is 10. The third kappa shape index (κ3) is 8.08. The van der Waals surface area contributed by atoms with Gasteiger partial charge in [0.2, 0.25) is 11.0 Å². The number of aryl methyl sites for hydroxylation is 2. The Morgan fingerprint density at radius 3 is 2.11 bits per heavy atom. The van der Waals surface area contributed by atoms with Crippen molar-refractivity contribution in [1.82, 2.24) is 4.72 Å². The molecule has 1 aromatic heterocycles. The van der Waals surface area contributed by atoms with Gasteiger partial charge in [-0.2, -0.15) is 8.42 Å². The van der Waals surface area contributed by atoms with Crippen molar-refractivity contribution in [3.8, 4) is 16.9 Å². The minimum absolute atomic E-state index is 0.0315. The van der Waals surface area contributed by atoms with Gasteiger partial charge in [0.1, 0.15) is 11.5 Å². The van der Waals surface area contributed by atoms with Crippen LogP contribution in [0.15, 0.2) is 101 Å². The summed E-state index contributed by atoms with van der Waals surface area (Å²) in [5.41, 5.74) is 3.77. The third-order valence-corrected chi connectivity index (χ3v) is 6.77. The maximum Gasteiger partial charge on any atom is 0.297 e. The molecule has 4 aromatic rings. The summed E-state index contributed by atoms with van der Waals surface area (Å²) < 4.78 is 38.6. The molecule has 0 saturated heterocycles. The van der Waals surface area contributed by atoms with Gasteiger partial charge in [0.25, 0.3) is 10.0 Å². The van der Waals surface area contributed by atoms with Crippen molar-refractivity contribution in [1.29, 1.82) is 0 Å². The molecule has 0 atom stereocenters. The first kappa shape index (κ1) is 27.7. The molecule has 4 rings (SSSR count). The predicted octanol–water partition coefficient (Wildman–Crippen LogP) is 6.34. The van der Waals surface area contributed by atoms with Crippen LogP contribution in [-0.2, 0) is 27.7 Å². The monoisotopic (exact) mass is 519 g/mol. The van der Waals surface area contributed by atoms with Crippen molar-refractivity contribution in [3.63, 3.8) is 0 Å². The van der Waals surface area contributed by atoms with Gasteiger partial charge in [-0.15, -0.1) is 0 Å². The number of hydrogen-bond donors (Lipinski definition) is 1. The van der Waals surface area contributed by atoms with Gasteiger partial charge in [-0.3, -0.25) is 4.79 Å². The quantitative estimate of drug-likeness (QED) is 0.247. The van der Waals surface area contributed by atoms with Crippen molar-refractivity contribution in [3.05, 3.63) is 108 Å². The molecule has 37 heavy (non-hydrogen) atoms. The lowest BCUT2D eigenvalue weighted by Gasteiger charge is -2.07. The average molecular weight is 520 g/mol. The maximum atomic E-state index is 12.6. The van der Waals surface area contributed by atoms with E-state index < -0.39 is 15.9 Å². The van der Waals surface area contributed by atoms with Crippen LogP contribution in [0.3, 0.4) is 0 Å². The molecular weight excluding hydrogens is 486 g/mol. The molecule has 1 amide bonds. The maximum absolute atomic E-state index is 12.6. The summed E-state index contributed by atoms with van der Waals surface area (Å²) in [6, 6.07) is 28.5. The topological polar surface area (TPSA) is 85.6 Å². The van der Waals surface area contributed by atoms with Crippen molar-refractivity contribution < 1.29 is 22.4 Å². The van der Waals surface area contributed by atoms with E-state index in [4.69, 9.17) is 9.15 Å². The molecule has 0 saturated carbocycles. The fraction of sp³-hybridized carbons (Fsp3) is 0.233. The molecule has 7 heteroatoms. The second kappa shape index (κ2) is 13.5. The zero-order valence-electron chi connectivity index (χ0n) is 21.4. The van der Waals surface area contributed by atoms with Gasteiger partial charge in [0.05, 0.1) is 13.0 Å². The molecule has 0 aliphatic rings. The van der Waals surface area contributed by atoms with E-state index in [1.807, 2.05) is 62.4 Å². The molecule has 0 bridgehead atoms. The van der Waals surface area contributed by atoms with Crippen LogP contribution in [0, 0.1) is 6.92 Å². The summed E-state index contributed by atoms with van der Waals surface area (Å²) in [4.78, 5) is 12.2. The lowest BCUT2D eigenvalue weighted by atomic mass is 10.1. The molecule has 0 radical (unpaired) electrons. The van der Waals surface area contributed by atoms with Crippen molar-refractivity contribution in [2.45, 2.75) is 45.1 Å². The van der Waals surface area contributed by atoms with E-state index in [2.05, 4.69) is 16.9 Å². The molecular formula is C30H33NO5S. The number of hydrogen-bond acceptors (Lipinski definition) is 5. The summed E-state index contributed by atoms with van der Waals surface area (Å²) in [7, 11) is -4.08. The van der Waals surface area contributed by atoms with E-state index in [0.717, 1.165) is 28.0 Å². The number of furan rings is 1. The molecule has 3 aromatic carbocycles. The summed E-state index contributed by atoms with van der Waals surface area (Å²) >= 11 is 0. The number of amides is 1. The summed E-state index contributed by atoms with van der Waals surface area (Å²) in [5.74, 6) is 0.671. The van der Waals surface area contributed by atoms with Crippen LogP contribution in [-0.4, -0.2) is 20.9 Å². The SMILES string of the molecule is CC.Cc1oc(S(=O)(=O)NC(=O)Cc2ccccc2)cc1CCCOc1ccc(-c2ccccc2)cc1. The molecule has 6 nitrogen and oxygen atoms in total. The van der Waals surface area contributed by atoms with Gasteiger partial charge >= 0.3 is 0 Å². The van der Waals surface area contributed by atoms with E-state index in [9.17, 15) is 13.2 Å². The Balaban J connectivity index is 0.00000186. The Morgan fingerprint density at radius 2 is 1.46 bits per heavy atom. The van der Waals surface area contributed by atoms with E-state index in [-0.39, 0.29) is 11.5 Å². The summed E-state index contributed by atoms with van der Waals surface area (Å²) in [6.45, 7) is 6.19. The average Bonchev–Trinajstić information content (AvgIpc) is 3.30. The molecule has 0 spiro atoms. The normalized spacial score (nSPS) is 10.8. The van der Waals surface area contributed by atoms with Crippen LogP contribution in [0.25, 0.3) is 11.1 Å². The van der Waals surface area contributed by atoms with Gasteiger partial charge in [0.15, 0.2) is 0 Å². The molecule has 0 aliphatic heterocycles. The number of carbonyl (C=O) groups excluding carboxylic acids is 1. The van der Waals surface area contributed by atoms with Crippen LogP contribution >= 0.6 is 0 Å². The van der Waals surface area contributed by atoms with Crippen LogP contribution in [0.1, 0.15) is 37.2 Å². The van der Waals surface area contributed by atoms with E-state index in [1.54, 1.807) is 31.2 Å². The van der Waals surface area contributed by atoms with Crippen molar-refractivity contribution in [2.75, 3.05) is 6.61 Å². The molecule has 1 N–H and O–H groups in total. The minimum Gasteiger partial charge on any atom is -0.494 e. The largest absolute Gasteiger partial charge is 0.494 e. The number of carbonyl (C=O) groups is 1. The zero-order chi connectivity index (χ0) is 26.7. The highest BCUT2D eigenvalue weighted by Crippen LogP contribution is 2.23. The van der Waals surface area contributed by atoms with E-state index >= 15 is 0 Å². The Morgan fingerprint density at radius 1 is 0.865 bits per heavy atom. The van der Waals surface area contributed by atoms with Gasteiger partial charge in [-0.25, -0.2) is 4.72 Å². The zero-order valence-corrected chi connectivity index (χ0v) is 22.3. The summed E-state index contributed by atoms with van der Waals surface area (Å²) in [5, 5.41) is -0.260. The van der Waals surface area contributed by atoms with E-state index in [0.29, 0.717) is 25.2 Å². The minimum atomic E-state index is -4.08. The highest BCUT2D eigenvalue weighted by atomic mass is 32.2. The Kier molecular flexibility index (Phi) is 10.1. The van der Waals surface area contributed by atoms with Gasteiger partial charge in [0, 0.05) is 6.07 Å². The number of nitrogens with one attached hydrogen (secondary N) is 1. The predicted molar refractivity (Wildman–Crippen MR) is 146 cm³/mol. The van der Waals surface area contributed by atoms with Crippen LogP contribution in [0.2, 0.25) is 0 Å². The fourth-order valence-electron chi connectivity index (χ4n) is 3.71. The Bertz CT molecular complexity index is 1360. The standard InChI is InChI=1S/C28H27NO5S.C2H6/c1-21-25(13-8-18-33-26-16-14-24(15-17-26)23-11-6-3-7-12-23)20-28(34-21)35(31,32)29-27(30)19-22-9-4-2-5-10-22;1-2/h2-7,9-12,14-17,20H,8,13,18-19H2,1H3,(H,29,30);1-2H3. The van der Waals surface area contributed by atoms with Crippen LogP contribution < -0.4 is 9.46 Å². The number of benzene rings is 3. The summed E-state index contributed by atoms with van der Waals surface area (Å²) in [6.07, 6.45) is 1.24. The Hall–Kier alpha value is -3.84. The first-order chi connectivity index (χ1) is 17.9. The number of ether oxygens (including phenoxy) is 1. The van der Waals surface area contributed by atoms with Crippen LogP contribution in [0.4, 0.5) is 0 Å². The highest BCUT2D eigenvalue weighted by Gasteiger charge is 2.23. The smallest absolute Gasteiger partial charge is 0.297 e. The lowest BCUT2D eigenvalue weighted by Crippen LogP contribution is -2.31. The fourth-order valence-corrected chi connectivity index (χ4v) is 4.72. The van der Waals surface area contributed by atoms with Crippen molar-refractivity contribution >= 4 is 15.9 Å². The first-order valence-electron chi connectivity index (χ1n) is 12.4. The number of sulfonamides is 1. The molecule has 0 unspecified atom stereocenters. The van der Waals surface area contributed by atoms with Crippen molar-refractivity contribution in [2.24, 2.45) is 0 Å². The second-order valence-corrected chi connectivity index (χ2v) is 9.79. The van der Waals surface area contributed by atoms with Gasteiger partial charge in [-0.05, 0) is 54.2 Å². The van der Waals surface area contributed by atoms with Gasteiger partial charge < -0.3 is 9.15 Å². The molecule has 1 heterocycles. The first-order valence-corrected chi connectivity index (χ1v) is 13.9. The van der Waals surface area contributed by atoms with Crippen LogP contribution in [0.5, 0.6) is 5.75 Å². The third-order valence-electron chi connectivity index (χ3n) is 5.54. The highest BCUT2D eigenvalue weighted by molar-refractivity contribution is 7.89. The molecule has 0 aliphatic carbocycles. The van der Waals surface area contributed by atoms with E-state index in [1.165, 1.54) is 6.07 Å². The van der Waals surface area contributed by atoms with Gasteiger partial charge in [-0.1, -0.05) is 86.6 Å². The molecule has 0 fully saturated rings. The molecule has 194 valence electrons. The lowest BCUT2D eigenvalue weighted by molar-refractivity contribution is -0.118. The Labute approximate surface area is 219 Å².